The van der Waals surface area contributed by atoms with Crippen LogP contribution in [0.5, 0.6) is 0 Å². The molecule has 0 heterocycles. The molecule has 0 aromatic carbocycles. The third-order valence-corrected chi connectivity index (χ3v) is 9.05. The third-order valence-electron chi connectivity index (χ3n) is 9.05. The van der Waals surface area contributed by atoms with Crippen molar-refractivity contribution in [3.8, 4) is 0 Å². The van der Waals surface area contributed by atoms with E-state index < -0.39 is 0 Å². The molecule has 120 valence electrons. The Balaban J connectivity index is 1.61. The summed E-state index contributed by atoms with van der Waals surface area (Å²) in [6, 6.07) is 0. The lowest BCUT2D eigenvalue weighted by molar-refractivity contribution is -0.118. The van der Waals surface area contributed by atoms with Gasteiger partial charge < -0.3 is 5.11 Å². The maximum atomic E-state index is 10.1. The predicted molar refractivity (Wildman–Crippen MR) is 86.9 cm³/mol. The second-order valence-electron chi connectivity index (χ2n) is 9.70. The molecule has 8 atom stereocenters. The van der Waals surface area contributed by atoms with Crippen LogP contribution in [0.1, 0.15) is 78.6 Å². The summed E-state index contributed by atoms with van der Waals surface area (Å²) in [6.45, 7) is 7.73. The molecular weight excluding hydrogens is 256 g/mol. The SMILES string of the molecule is C[C@H]1CC[C@H]2C[C@@H]3[C@H](CC[C@@H]4C[C@@H](O)CC[C@]43C)C[C@@]21C. The summed E-state index contributed by atoms with van der Waals surface area (Å²) in [5.74, 6) is 4.71. The van der Waals surface area contributed by atoms with Crippen molar-refractivity contribution in [3.05, 3.63) is 0 Å². The molecule has 0 aromatic heterocycles. The summed E-state index contributed by atoms with van der Waals surface area (Å²) >= 11 is 0. The number of aliphatic hydroxyl groups excluding tert-OH is 1. The van der Waals surface area contributed by atoms with Gasteiger partial charge in [-0.2, -0.15) is 0 Å². The van der Waals surface area contributed by atoms with Gasteiger partial charge in [0.05, 0.1) is 6.10 Å². The van der Waals surface area contributed by atoms with Gasteiger partial charge in [-0.05, 0) is 98.2 Å². The van der Waals surface area contributed by atoms with E-state index in [1.54, 1.807) is 0 Å². The minimum Gasteiger partial charge on any atom is -0.393 e. The highest BCUT2D eigenvalue weighted by atomic mass is 16.3. The molecule has 0 radical (unpaired) electrons. The molecule has 1 heteroatoms. The molecule has 0 unspecified atom stereocenters. The maximum absolute atomic E-state index is 10.1. The maximum Gasteiger partial charge on any atom is 0.0543 e. The fraction of sp³-hybridized carbons (Fsp3) is 1.00. The van der Waals surface area contributed by atoms with Gasteiger partial charge >= 0.3 is 0 Å². The van der Waals surface area contributed by atoms with Gasteiger partial charge in [0, 0.05) is 0 Å². The van der Waals surface area contributed by atoms with Crippen LogP contribution >= 0.6 is 0 Å². The lowest BCUT2D eigenvalue weighted by atomic mass is 9.45. The lowest BCUT2D eigenvalue weighted by Gasteiger charge is -2.60. The minimum atomic E-state index is -0.0000147. The monoisotopic (exact) mass is 290 g/mol. The summed E-state index contributed by atoms with van der Waals surface area (Å²) in [5, 5.41) is 10.1. The van der Waals surface area contributed by atoms with Crippen molar-refractivity contribution in [3.63, 3.8) is 0 Å². The summed E-state index contributed by atoms with van der Waals surface area (Å²) in [6.07, 6.45) is 12.3. The van der Waals surface area contributed by atoms with Crippen LogP contribution in [0.3, 0.4) is 0 Å². The Bertz CT molecular complexity index is 418. The molecule has 4 saturated carbocycles. The highest BCUT2D eigenvalue weighted by Crippen LogP contribution is 2.66. The van der Waals surface area contributed by atoms with E-state index in [1.807, 2.05) is 0 Å². The Kier molecular flexibility index (Phi) is 3.27. The van der Waals surface area contributed by atoms with Gasteiger partial charge in [0.1, 0.15) is 0 Å². The fourth-order valence-electron chi connectivity index (χ4n) is 7.33. The highest BCUT2D eigenvalue weighted by Gasteiger charge is 2.58. The van der Waals surface area contributed by atoms with Crippen LogP contribution in [0.2, 0.25) is 0 Å². The van der Waals surface area contributed by atoms with E-state index in [2.05, 4.69) is 20.8 Å². The molecule has 0 aliphatic heterocycles. The van der Waals surface area contributed by atoms with Crippen molar-refractivity contribution in [2.75, 3.05) is 0 Å². The molecule has 1 nitrogen and oxygen atoms in total. The Hall–Kier alpha value is -0.0400. The zero-order chi connectivity index (χ0) is 14.8. The zero-order valence-electron chi connectivity index (χ0n) is 14.3. The first-order valence-corrected chi connectivity index (χ1v) is 9.61. The molecule has 4 aliphatic rings. The molecular formula is C20H34O. The van der Waals surface area contributed by atoms with Crippen molar-refractivity contribution in [1.82, 2.24) is 0 Å². The first-order valence-electron chi connectivity index (χ1n) is 9.61. The predicted octanol–water partition coefficient (Wildman–Crippen LogP) is 5.03. The lowest BCUT2D eigenvalue weighted by Crippen LogP contribution is -2.52. The normalized spacial score (nSPS) is 60.0. The summed E-state index contributed by atoms with van der Waals surface area (Å²) in [7, 11) is 0. The van der Waals surface area contributed by atoms with E-state index >= 15 is 0 Å². The zero-order valence-corrected chi connectivity index (χ0v) is 14.3. The van der Waals surface area contributed by atoms with E-state index in [0.717, 1.165) is 42.4 Å². The molecule has 0 bridgehead atoms. The molecule has 0 saturated heterocycles. The van der Waals surface area contributed by atoms with Crippen LogP contribution < -0.4 is 0 Å². The van der Waals surface area contributed by atoms with Crippen LogP contribution in [-0.2, 0) is 0 Å². The van der Waals surface area contributed by atoms with Crippen molar-refractivity contribution in [2.24, 2.45) is 40.4 Å². The Morgan fingerprint density at radius 1 is 0.857 bits per heavy atom. The average molecular weight is 290 g/mol. The third kappa shape index (κ3) is 1.98. The molecule has 0 spiro atoms. The molecule has 4 rings (SSSR count). The topological polar surface area (TPSA) is 20.2 Å². The van der Waals surface area contributed by atoms with Gasteiger partial charge in [0.15, 0.2) is 0 Å². The number of aliphatic hydroxyl groups is 1. The van der Waals surface area contributed by atoms with Gasteiger partial charge in [-0.15, -0.1) is 0 Å². The van der Waals surface area contributed by atoms with E-state index in [4.69, 9.17) is 0 Å². The average Bonchev–Trinajstić information content (AvgIpc) is 2.74. The van der Waals surface area contributed by atoms with Crippen LogP contribution in [0.25, 0.3) is 0 Å². The van der Waals surface area contributed by atoms with Gasteiger partial charge in [-0.1, -0.05) is 20.8 Å². The van der Waals surface area contributed by atoms with Gasteiger partial charge in [0.2, 0.25) is 0 Å². The molecule has 1 N–H and O–H groups in total. The van der Waals surface area contributed by atoms with Crippen molar-refractivity contribution in [2.45, 2.75) is 84.7 Å². The van der Waals surface area contributed by atoms with Crippen molar-refractivity contribution < 1.29 is 5.11 Å². The molecule has 0 aromatic rings. The second kappa shape index (κ2) is 4.73. The Labute approximate surface area is 130 Å². The van der Waals surface area contributed by atoms with E-state index in [-0.39, 0.29) is 6.10 Å². The fourth-order valence-corrected chi connectivity index (χ4v) is 7.33. The second-order valence-corrected chi connectivity index (χ2v) is 9.70. The quantitative estimate of drug-likeness (QED) is 0.663. The van der Waals surface area contributed by atoms with Gasteiger partial charge in [-0.3, -0.25) is 0 Å². The first kappa shape index (κ1) is 14.5. The van der Waals surface area contributed by atoms with Crippen molar-refractivity contribution >= 4 is 0 Å². The van der Waals surface area contributed by atoms with E-state index in [0.29, 0.717) is 10.8 Å². The minimum absolute atomic E-state index is 0.0000147. The Morgan fingerprint density at radius 3 is 2.38 bits per heavy atom. The van der Waals surface area contributed by atoms with Crippen LogP contribution in [0.4, 0.5) is 0 Å². The standard InChI is InChI=1S/C20H34O/c1-13-4-6-16-11-18-14(12-20(13,16)3)5-7-15-10-17(21)8-9-19(15,18)2/h13-18,21H,4-12H2,1-3H3/t13-,14+,15+,16-,17-,18+,19+,20+/m0/s1. The van der Waals surface area contributed by atoms with Crippen molar-refractivity contribution in [1.29, 1.82) is 0 Å². The van der Waals surface area contributed by atoms with Crippen LogP contribution in [0.15, 0.2) is 0 Å². The van der Waals surface area contributed by atoms with Crippen LogP contribution in [-0.4, -0.2) is 11.2 Å². The largest absolute Gasteiger partial charge is 0.393 e. The summed E-state index contributed by atoms with van der Waals surface area (Å²) in [5.41, 5.74) is 1.20. The number of rotatable bonds is 0. The van der Waals surface area contributed by atoms with Gasteiger partial charge in [-0.25, -0.2) is 0 Å². The van der Waals surface area contributed by atoms with E-state index in [9.17, 15) is 5.11 Å². The summed E-state index contributed by atoms with van der Waals surface area (Å²) < 4.78 is 0. The Morgan fingerprint density at radius 2 is 1.57 bits per heavy atom. The smallest absolute Gasteiger partial charge is 0.0543 e. The summed E-state index contributed by atoms with van der Waals surface area (Å²) in [4.78, 5) is 0. The molecule has 21 heavy (non-hydrogen) atoms. The van der Waals surface area contributed by atoms with Gasteiger partial charge in [0.25, 0.3) is 0 Å². The van der Waals surface area contributed by atoms with Crippen LogP contribution in [0, 0.1) is 40.4 Å². The highest BCUT2D eigenvalue weighted by molar-refractivity contribution is 5.07. The molecule has 4 fully saturated rings. The van der Waals surface area contributed by atoms with E-state index in [1.165, 1.54) is 44.9 Å². The molecule has 0 amide bonds. The first-order chi connectivity index (χ1) is 9.93. The number of hydrogen-bond donors (Lipinski definition) is 1. The number of hydrogen-bond acceptors (Lipinski definition) is 1. The number of fused-ring (bicyclic) bond motifs is 4. The molecule has 4 aliphatic carbocycles.